The highest BCUT2D eigenvalue weighted by Crippen LogP contribution is 2.15. The predicted molar refractivity (Wildman–Crippen MR) is 75.0 cm³/mol. The minimum atomic E-state index is -3.47. The summed E-state index contributed by atoms with van der Waals surface area (Å²) in [6.07, 6.45) is 0. The number of nitrogens with one attached hydrogen (secondary N) is 1. The number of hydrogen-bond donors (Lipinski definition) is 1. The van der Waals surface area contributed by atoms with Crippen molar-refractivity contribution in [1.29, 1.82) is 0 Å². The number of aryl methyl sites for hydroxylation is 1. The Morgan fingerprint density at radius 1 is 1.33 bits per heavy atom. The molecule has 0 saturated carbocycles. The molecule has 4 nitrogen and oxygen atoms in total. The number of rotatable bonds is 4. The van der Waals surface area contributed by atoms with Gasteiger partial charge in [0.2, 0.25) is 10.0 Å². The van der Waals surface area contributed by atoms with Gasteiger partial charge in [-0.05, 0) is 31.2 Å². The standard InChI is InChI=1S/C11H11BrN2O2S2/c1-8-7-17-11(14-8)6-13-18(15,16)10-4-2-9(12)3-5-10/h2-5,7,13H,6H2,1H3. The normalized spacial score (nSPS) is 11.7. The third-order valence-corrected chi connectivity index (χ3v) is 5.12. The molecule has 7 heteroatoms. The number of sulfonamides is 1. The van der Waals surface area contributed by atoms with Gasteiger partial charge in [-0.1, -0.05) is 15.9 Å². The van der Waals surface area contributed by atoms with Crippen LogP contribution in [0.5, 0.6) is 0 Å². The van der Waals surface area contributed by atoms with Crippen LogP contribution in [0.2, 0.25) is 0 Å². The molecule has 1 aromatic carbocycles. The van der Waals surface area contributed by atoms with E-state index in [2.05, 4.69) is 25.6 Å². The Hall–Kier alpha value is -0.760. The van der Waals surface area contributed by atoms with Gasteiger partial charge >= 0.3 is 0 Å². The highest BCUT2D eigenvalue weighted by Gasteiger charge is 2.14. The zero-order chi connectivity index (χ0) is 13.2. The van der Waals surface area contributed by atoms with Crippen molar-refractivity contribution in [2.45, 2.75) is 18.4 Å². The summed E-state index contributed by atoms with van der Waals surface area (Å²) >= 11 is 4.71. The van der Waals surface area contributed by atoms with Crippen LogP contribution >= 0.6 is 27.3 Å². The molecule has 0 atom stereocenters. The van der Waals surface area contributed by atoms with E-state index in [0.29, 0.717) is 0 Å². The number of thiazole rings is 1. The Labute approximate surface area is 118 Å². The lowest BCUT2D eigenvalue weighted by Gasteiger charge is -2.05. The van der Waals surface area contributed by atoms with Crippen LogP contribution in [-0.4, -0.2) is 13.4 Å². The number of hydrogen-bond acceptors (Lipinski definition) is 4. The van der Waals surface area contributed by atoms with E-state index in [1.165, 1.54) is 11.3 Å². The van der Waals surface area contributed by atoms with E-state index in [-0.39, 0.29) is 11.4 Å². The van der Waals surface area contributed by atoms with Gasteiger partial charge in [-0.3, -0.25) is 0 Å². The summed E-state index contributed by atoms with van der Waals surface area (Å²) in [5, 5.41) is 2.65. The fourth-order valence-electron chi connectivity index (χ4n) is 1.34. The predicted octanol–water partition coefficient (Wildman–Crippen LogP) is 2.69. The number of halogens is 1. The van der Waals surface area contributed by atoms with Crippen LogP contribution in [0.3, 0.4) is 0 Å². The van der Waals surface area contributed by atoms with Crippen molar-refractivity contribution in [3.05, 3.63) is 44.8 Å². The van der Waals surface area contributed by atoms with Gasteiger partial charge in [0.25, 0.3) is 0 Å². The SMILES string of the molecule is Cc1csc(CNS(=O)(=O)c2ccc(Br)cc2)n1. The van der Waals surface area contributed by atoms with Gasteiger partial charge in [-0.15, -0.1) is 11.3 Å². The van der Waals surface area contributed by atoms with Crippen molar-refractivity contribution < 1.29 is 8.42 Å². The van der Waals surface area contributed by atoms with Crippen molar-refractivity contribution in [2.24, 2.45) is 0 Å². The smallest absolute Gasteiger partial charge is 0.240 e. The molecule has 0 amide bonds. The molecular weight excluding hydrogens is 336 g/mol. The summed E-state index contributed by atoms with van der Waals surface area (Å²) in [6.45, 7) is 2.10. The Morgan fingerprint density at radius 3 is 2.56 bits per heavy atom. The fourth-order valence-corrected chi connectivity index (χ4v) is 3.39. The number of nitrogens with zero attached hydrogens (tertiary/aromatic N) is 1. The first-order valence-corrected chi connectivity index (χ1v) is 8.29. The molecule has 1 heterocycles. The van der Waals surface area contributed by atoms with Gasteiger partial charge in [-0.25, -0.2) is 18.1 Å². The van der Waals surface area contributed by atoms with Crippen molar-refractivity contribution >= 4 is 37.3 Å². The third kappa shape index (κ3) is 3.38. The highest BCUT2D eigenvalue weighted by atomic mass is 79.9. The average Bonchev–Trinajstić information content (AvgIpc) is 2.73. The summed E-state index contributed by atoms with van der Waals surface area (Å²) in [6, 6.07) is 6.50. The molecule has 2 aromatic rings. The van der Waals surface area contributed by atoms with E-state index in [4.69, 9.17) is 0 Å². The molecule has 96 valence electrons. The molecule has 0 aliphatic heterocycles. The summed E-state index contributed by atoms with van der Waals surface area (Å²) in [5.41, 5.74) is 0.901. The lowest BCUT2D eigenvalue weighted by atomic mass is 10.4. The maximum Gasteiger partial charge on any atom is 0.240 e. The zero-order valence-corrected chi connectivity index (χ0v) is 12.8. The summed E-state index contributed by atoms with van der Waals surface area (Å²) in [7, 11) is -3.47. The molecule has 1 aromatic heterocycles. The first kappa shape index (κ1) is 13.7. The van der Waals surface area contributed by atoms with Crippen molar-refractivity contribution in [3.63, 3.8) is 0 Å². The first-order valence-electron chi connectivity index (χ1n) is 5.13. The second-order valence-corrected chi connectivity index (χ2v) is 7.29. The second kappa shape index (κ2) is 5.48. The molecule has 0 fully saturated rings. The van der Waals surface area contributed by atoms with Crippen LogP contribution in [0, 0.1) is 6.92 Å². The fraction of sp³-hybridized carbons (Fsp3) is 0.182. The van der Waals surface area contributed by atoms with E-state index < -0.39 is 10.0 Å². The molecule has 0 radical (unpaired) electrons. The largest absolute Gasteiger partial charge is 0.245 e. The van der Waals surface area contributed by atoms with Crippen LogP contribution in [-0.2, 0) is 16.6 Å². The van der Waals surface area contributed by atoms with Gasteiger partial charge in [0.15, 0.2) is 0 Å². The van der Waals surface area contributed by atoms with Gasteiger partial charge in [0.1, 0.15) is 5.01 Å². The van der Waals surface area contributed by atoms with E-state index in [1.54, 1.807) is 24.3 Å². The highest BCUT2D eigenvalue weighted by molar-refractivity contribution is 9.10. The Morgan fingerprint density at radius 2 is 2.00 bits per heavy atom. The monoisotopic (exact) mass is 346 g/mol. The molecule has 0 spiro atoms. The molecule has 18 heavy (non-hydrogen) atoms. The molecule has 0 aliphatic carbocycles. The van der Waals surface area contributed by atoms with E-state index in [1.807, 2.05) is 12.3 Å². The molecule has 2 rings (SSSR count). The molecule has 0 bridgehead atoms. The average molecular weight is 347 g/mol. The van der Waals surface area contributed by atoms with Crippen LogP contribution in [0.15, 0.2) is 39.0 Å². The van der Waals surface area contributed by atoms with Gasteiger partial charge in [-0.2, -0.15) is 0 Å². The molecular formula is C11H11BrN2O2S2. The Bertz CT molecular complexity index is 635. The minimum Gasteiger partial charge on any atom is -0.245 e. The first-order chi connectivity index (χ1) is 8.47. The van der Waals surface area contributed by atoms with Crippen LogP contribution in [0.25, 0.3) is 0 Å². The van der Waals surface area contributed by atoms with E-state index in [9.17, 15) is 8.42 Å². The van der Waals surface area contributed by atoms with E-state index >= 15 is 0 Å². The maximum absolute atomic E-state index is 12.0. The van der Waals surface area contributed by atoms with Crippen molar-refractivity contribution in [2.75, 3.05) is 0 Å². The molecule has 1 N–H and O–H groups in total. The topological polar surface area (TPSA) is 59.1 Å². The summed E-state index contributed by atoms with van der Waals surface area (Å²) in [5.74, 6) is 0. The maximum atomic E-state index is 12.0. The lowest BCUT2D eigenvalue weighted by molar-refractivity contribution is 0.581. The molecule has 0 unspecified atom stereocenters. The summed E-state index contributed by atoms with van der Waals surface area (Å²) in [4.78, 5) is 4.45. The second-order valence-electron chi connectivity index (χ2n) is 3.66. The Kier molecular flexibility index (Phi) is 4.16. The van der Waals surface area contributed by atoms with Crippen LogP contribution in [0.4, 0.5) is 0 Å². The molecule has 0 saturated heterocycles. The van der Waals surface area contributed by atoms with Gasteiger partial charge < -0.3 is 0 Å². The van der Waals surface area contributed by atoms with E-state index in [0.717, 1.165) is 15.2 Å². The van der Waals surface area contributed by atoms with Crippen molar-refractivity contribution in [1.82, 2.24) is 9.71 Å². The summed E-state index contributed by atoms with van der Waals surface area (Å²) < 4.78 is 27.3. The quantitative estimate of drug-likeness (QED) is 0.925. The minimum absolute atomic E-state index is 0.219. The van der Waals surface area contributed by atoms with Crippen molar-refractivity contribution in [3.8, 4) is 0 Å². The molecule has 0 aliphatic rings. The van der Waals surface area contributed by atoms with Gasteiger partial charge in [0, 0.05) is 15.5 Å². The number of aromatic nitrogens is 1. The third-order valence-electron chi connectivity index (χ3n) is 2.20. The van der Waals surface area contributed by atoms with Crippen LogP contribution < -0.4 is 4.72 Å². The van der Waals surface area contributed by atoms with Crippen LogP contribution in [0.1, 0.15) is 10.7 Å². The zero-order valence-electron chi connectivity index (χ0n) is 9.55. The Balaban J connectivity index is 2.10. The van der Waals surface area contributed by atoms with Gasteiger partial charge in [0.05, 0.1) is 11.4 Å². The number of benzene rings is 1. The lowest BCUT2D eigenvalue weighted by Crippen LogP contribution is -2.23.